The first-order chi connectivity index (χ1) is 14.5. The molecule has 1 aliphatic heterocycles. The van der Waals surface area contributed by atoms with E-state index in [9.17, 15) is 0 Å². The zero-order valence-electron chi connectivity index (χ0n) is 18.8. The van der Waals surface area contributed by atoms with Crippen molar-refractivity contribution in [3.63, 3.8) is 0 Å². The molecule has 3 rings (SSSR count). The molecule has 0 amide bonds. The lowest BCUT2D eigenvalue weighted by Gasteiger charge is -2.47. The number of rotatable bonds is 8. The molecule has 1 heterocycles. The maximum Gasteiger partial charge on any atom is 0.185 e. The first-order valence-electron chi connectivity index (χ1n) is 11.0. The molecule has 3 heteroatoms. The molecule has 0 radical (unpaired) electrons. The Morgan fingerprint density at radius 3 is 1.97 bits per heavy atom. The van der Waals surface area contributed by atoms with Crippen LogP contribution in [0.2, 0.25) is 19.6 Å². The number of likely N-dealkylation sites (tertiary alicyclic amines) is 1. The van der Waals surface area contributed by atoms with E-state index in [1.54, 1.807) is 0 Å². The van der Waals surface area contributed by atoms with Gasteiger partial charge in [0.15, 0.2) is 8.32 Å². The van der Waals surface area contributed by atoms with Crippen LogP contribution in [0.3, 0.4) is 0 Å². The fraction of sp³-hybridized carbons (Fsp3) is 0.333. The van der Waals surface area contributed by atoms with Crippen molar-refractivity contribution in [3.05, 3.63) is 108 Å². The second kappa shape index (κ2) is 10.1. The van der Waals surface area contributed by atoms with Gasteiger partial charge in [-0.05, 0) is 62.8 Å². The van der Waals surface area contributed by atoms with Crippen LogP contribution in [0.15, 0.2) is 97.2 Å². The highest BCUT2D eigenvalue weighted by Crippen LogP contribution is 2.45. The third-order valence-corrected chi connectivity index (χ3v) is 6.37. The minimum Gasteiger partial charge on any atom is -0.402 e. The smallest absolute Gasteiger partial charge is 0.185 e. The van der Waals surface area contributed by atoms with Gasteiger partial charge in [0.1, 0.15) is 5.60 Å². The van der Waals surface area contributed by atoms with Crippen molar-refractivity contribution in [3.8, 4) is 0 Å². The van der Waals surface area contributed by atoms with Crippen molar-refractivity contribution in [2.45, 2.75) is 51.0 Å². The molecular weight excluding hydrogens is 382 g/mol. The normalized spacial score (nSPS) is 18.3. The van der Waals surface area contributed by atoms with Gasteiger partial charge in [-0.3, -0.25) is 0 Å². The standard InChI is InChI=1S/C27H35NOSi/c1-5-6-7-8-15-22-28-23-16-21-26(28)27(29-30(2,3)4,24-17-11-9-12-18-24)25-19-13-10-14-20-25/h5-15,17-20,22,26H,16,21,23H2,1-4H3/b6-5+,8-7+,22-15-/t26-/m0/s1. The van der Waals surface area contributed by atoms with Crippen LogP contribution < -0.4 is 0 Å². The van der Waals surface area contributed by atoms with Gasteiger partial charge in [0, 0.05) is 6.54 Å². The molecule has 0 N–H and O–H groups in total. The van der Waals surface area contributed by atoms with Crippen LogP contribution in [0.4, 0.5) is 0 Å². The summed E-state index contributed by atoms with van der Waals surface area (Å²) in [6, 6.07) is 21.9. The summed E-state index contributed by atoms with van der Waals surface area (Å²) in [6.07, 6.45) is 14.9. The van der Waals surface area contributed by atoms with Crippen molar-refractivity contribution >= 4 is 8.32 Å². The van der Waals surface area contributed by atoms with Crippen LogP contribution in [0, 0.1) is 0 Å². The second-order valence-corrected chi connectivity index (χ2v) is 13.3. The maximum absolute atomic E-state index is 7.19. The van der Waals surface area contributed by atoms with Crippen LogP contribution in [0.5, 0.6) is 0 Å². The first-order valence-corrected chi connectivity index (χ1v) is 14.4. The molecule has 0 bridgehead atoms. The molecule has 1 fully saturated rings. The average Bonchev–Trinajstić information content (AvgIpc) is 3.21. The summed E-state index contributed by atoms with van der Waals surface area (Å²) in [5.41, 5.74) is 2.00. The molecule has 158 valence electrons. The van der Waals surface area contributed by atoms with Gasteiger partial charge < -0.3 is 9.33 Å². The maximum atomic E-state index is 7.19. The topological polar surface area (TPSA) is 12.5 Å². The number of hydrogen-bond donors (Lipinski definition) is 0. The van der Waals surface area contributed by atoms with Crippen molar-refractivity contribution in [1.29, 1.82) is 0 Å². The third-order valence-electron chi connectivity index (χ3n) is 5.44. The van der Waals surface area contributed by atoms with Crippen molar-refractivity contribution in [2.24, 2.45) is 0 Å². The first kappa shape index (κ1) is 22.3. The summed E-state index contributed by atoms with van der Waals surface area (Å²) in [5, 5.41) is 0. The van der Waals surface area contributed by atoms with E-state index in [1.807, 2.05) is 13.0 Å². The minimum atomic E-state index is -1.88. The lowest BCUT2D eigenvalue weighted by molar-refractivity contribution is 0.0285. The molecule has 0 saturated carbocycles. The molecule has 2 aromatic carbocycles. The molecule has 2 aromatic rings. The van der Waals surface area contributed by atoms with Gasteiger partial charge >= 0.3 is 0 Å². The number of benzene rings is 2. The predicted molar refractivity (Wildman–Crippen MR) is 131 cm³/mol. The van der Waals surface area contributed by atoms with Gasteiger partial charge in [-0.2, -0.15) is 0 Å². The minimum absolute atomic E-state index is 0.250. The Balaban J connectivity index is 2.12. The average molecular weight is 418 g/mol. The van der Waals surface area contributed by atoms with Crippen molar-refractivity contribution in [1.82, 2.24) is 4.90 Å². The summed E-state index contributed by atoms with van der Waals surface area (Å²) in [5.74, 6) is 0. The quantitative estimate of drug-likeness (QED) is 0.342. The zero-order valence-corrected chi connectivity index (χ0v) is 19.8. The lowest BCUT2D eigenvalue weighted by atomic mass is 9.79. The van der Waals surface area contributed by atoms with Crippen LogP contribution in [0.25, 0.3) is 0 Å². The van der Waals surface area contributed by atoms with Gasteiger partial charge in [0.05, 0.1) is 6.04 Å². The van der Waals surface area contributed by atoms with Gasteiger partial charge in [0.25, 0.3) is 0 Å². The van der Waals surface area contributed by atoms with E-state index < -0.39 is 13.9 Å². The molecule has 0 aliphatic carbocycles. The summed E-state index contributed by atoms with van der Waals surface area (Å²) >= 11 is 0. The fourth-order valence-corrected chi connectivity index (χ4v) is 5.73. The van der Waals surface area contributed by atoms with E-state index in [0.29, 0.717) is 0 Å². The predicted octanol–water partition coefficient (Wildman–Crippen LogP) is 6.89. The summed E-state index contributed by atoms with van der Waals surface area (Å²) < 4.78 is 7.19. The highest BCUT2D eigenvalue weighted by Gasteiger charge is 2.49. The number of nitrogens with zero attached hydrogens (tertiary/aromatic N) is 1. The van der Waals surface area contributed by atoms with E-state index in [0.717, 1.165) is 13.0 Å². The zero-order chi connectivity index (χ0) is 21.5. The fourth-order valence-electron chi connectivity index (χ4n) is 4.40. The van der Waals surface area contributed by atoms with E-state index in [1.165, 1.54) is 17.5 Å². The molecule has 30 heavy (non-hydrogen) atoms. The molecular formula is C27H35NOSi. The highest BCUT2D eigenvalue weighted by atomic mass is 28.4. The summed E-state index contributed by atoms with van der Waals surface area (Å²) in [7, 11) is -1.88. The molecule has 2 nitrogen and oxygen atoms in total. The van der Waals surface area contributed by atoms with Crippen LogP contribution in [-0.4, -0.2) is 25.8 Å². The van der Waals surface area contributed by atoms with E-state index in [2.05, 4.69) is 116 Å². The Morgan fingerprint density at radius 1 is 0.867 bits per heavy atom. The van der Waals surface area contributed by atoms with E-state index in [4.69, 9.17) is 4.43 Å². The lowest BCUT2D eigenvalue weighted by Crippen LogP contribution is -2.53. The van der Waals surface area contributed by atoms with Gasteiger partial charge in [0.2, 0.25) is 0 Å². The van der Waals surface area contributed by atoms with Crippen LogP contribution >= 0.6 is 0 Å². The molecule has 1 saturated heterocycles. The Morgan fingerprint density at radius 2 is 1.43 bits per heavy atom. The van der Waals surface area contributed by atoms with Crippen LogP contribution in [0.1, 0.15) is 30.9 Å². The summed E-state index contributed by atoms with van der Waals surface area (Å²) in [4.78, 5) is 2.49. The molecule has 1 aliphatic rings. The molecule has 1 atom stereocenters. The van der Waals surface area contributed by atoms with E-state index in [-0.39, 0.29) is 6.04 Å². The Labute approximate surface area is 183 Å². The monoisotopic (exact) mass is 417 g/mol. The highest BCUT2D eigenvalue weighted by molar-refractivity contribution is 6.69. The van der Waals surface area contributed by atoms with Gasteiger partial charge in [-0.15, -0.1) is 0 Å². The molecule has 0 aromatic heterocycles. The van der Waals surface area contributed by atoms with Gasteiger partial charge in [-0.25, -0.2) is 0 Å². The number of allylic oxidation sites excluding steroid dienone is 5. The van der Waals surface area contributed by atoms with Crippen LogP contribution in [-0.2, 0) is 10.0 Å². The second-order valence-electron chi connectivity index (χ2n) is 8.83. The van der Waals surface area contributed by atoms with Crippen molar-refractivity contribution in [2.75, 3.05) is 6.54 Å². The Kier molecular flexibility index (Phi) is 7.51. The van der Waals surface area contributed by atoms with Crippen molar-refractivity contribution < 1.29 is 4.43 Å². The van der Waals surface area contributed by atoms with E-state index >= 15 is 0 Å². The Bertz CT molecular complexity index is 825. The summed E-state index contributed by atoms with van der Waals surface area (Å²) in [6.45, 7) is 9.97. The molecule has 0 spiro atoms. The SMILES string of the molecule is C/C=C/C=C/C=C\N1CCC[C@H]1C(O[Si](C)(C)C)(c1ccccc1)c1ccccc1. The Hall–Kier alpha value is -2.36. The largest absolute Gasteiger partial charge is 0.402 e. The molecule has 0 unspecified atom stereocenters. The number of hydrogen-bond acceptors (Lipinski definition) is 2. The van der Waals surface area contributed by atoms with Gasteiger partial charge in [-0.1, -0.05) is 85.0 Å². The third kappa shape index (κ3) is 5.21.